The Hall–Kier alpha value is -0.940. The molecule has 0 aromatic carbocycles. The molecule has 0 radical (unpaired) electrons. The average molecular weight is 327 g/mol. The molecule has 0 fully saturated rings. The Labute approximate surface area is 119 Å². The number of rotatable bonds is 5. The first-order valence-electron chi connectivity index (χ1n) is 5.80. The molecular formula is C13H15BrN2OS. The number of thiophene rings is 1. The molecule has 0 N–H and O–H groups in total. The molecule has 0 amide bonds. The molecule has 2 aromatic heterocycles. The van der Waals surface area contributed by atoms with Crippen LogP contribution in [0, 0.1) is 0 Å². The quantitative estimate of drug-likeness (QED) is 0.784. The molecular weight excluding hydrogens is 312 g/mol. The van der Waals surface area contributed by atoms with Crippen LogP contribution < -0.4 is 4.74 Å². The Bertz CT molecular complexity index is 515. The molecule has 0 aliphatic heterocycles. The first kappa shape index (κ1) is 13.5. The fourth-order valence-corrected chi connectivity index (χ4v) is 3.33. The van der Waals surface area contributed by atoms with E-state index in [0.29, 0.717) is 10.7 Å². The largest absolute Gasteiger partial charge is 0.481 e. The highest BCUT2D eigenvalue weighted by atomic mass is 79.9. The molecule has 3 nitrogen and oxygen atoms in total. The second-order valence-electron chi connectivity index (χ2n) is 3.88. The number of halogens is 1. The number of nitrogens with zero attached hydrogens (tertiary/aromatic N) is 2. The molecule has 18 heavy (non-hydrogen) atoms. The van der Waals surface area contributed by atoms with E-state index in [2.05, 4.69) is 45.0 Å². The van der Waals surface area contributed by atoms with Crippen molar-refractivity contribution in [1.29, 1.82) is 0 Å². The van der Waals surface area contributed by atoms with Gasteiger partial charge in [-0.05, 0) is 18.6 Å². The van der Waals surface area contributed by atoms with Gasteiger partial charge in [-0.3, -0.25) is 0 Å². The summed E-state index contributed by atoms with van der Waals surface area (Å²) >= 11 is 5.57. The van der Waals surface area contributed by atoms with Gasteiger partial charge in [0.25, 0.3) is 0 Å². The van der Waals surface area contributed by atoms with Gasteiger partial charge >= 0.3 is 0 Å². The van der Waals surface area contributed by atoms with Gasteiger partial charge in [0.15, 0.2) is 0 Å². The predicted molar refractivity (Wildman–Crippen MR) is 77.7 cm³/mol. The SMILES string of the molecule is CCc1ccc(C(Br)Cc2cc(OC)ncn2)s1. The minimum Gasteiger partial charge on any atom is -0.481 e. The third-order valence-corrected chi connectivity index (χ3v) is 5.10. The molecule has 0 aliphatic rings. The van der Waals surface area contributed by atoms with E-state index in [1.807, 2.05) is 17.4 Å². The summed E-state index contributed by atoms with van der Waals surface area (Å²) in [4.78, 5) is 11.3. The van der Waals surface area contributed by atoms with Crippen LogP contribution in [-0.2, 0) is 12.8 Å². The third-order valence-electron chi connectivity index (χ3n) is 2.64. The number of aromatic nitrogens is 2. The van der Waals surface area contributed by atoms with E-state index in [-0.39, 0.29) is 0 Å². The van der Waals surface area contributed by atoms with Crippen molar-refractivity contribution >= 4 is 27.3 Å². The van der Waals surface area contributed by atoms with Crippen LogP contribution in [0.15, 0.2) is 24.5 Å². The smallest absolute Gasteiger partial charge is 0.216 e. The molecule has 0 aliphatic carbocycles. The molecule has 0 spiro atoms. The number of ether oxygens (including phenoxy) is 1. The lowest BCUT2D eigenvalue weighted by Crippen LogP contribution is -1.98. The molecule has 1 unspecified atom stereocenters. The molecule has 96 valence electrons. The summed E-state index contributed by atoms with van der Waals surface area (Å²) in [6.07, 6.45) is 3.47. The van der Waals surface area contributed by atoms with Crippen LogP contribution in [0.2, 0.25) is 0 Å². The van der Waals surface area contributed by atoms with Crippen molar-refractivity contribution in [2.45, 2.75) is 24.6 Å². The van der Waals surface area contributed by atoms with Crippen molar-refractivity contribution in [1.82, 2.24) is 9.97 Å². The summed E-state index contributed by atoms with van der Waals surface area (Å²) in [6.45, 7) is 2.17. The van der Waals surface area contributed by atoms with Crippen LogP contribution in [0.1, 0.15) is 27.2 Å². The minimum atomic E-state index is 0.294. The highest BCUT2D eigenvalue weighted by Crippen LogP contribution is 2.32. The number of aryl methyl sites for hydroxylation is 1. The molecule has 0 saturated heterocycles. The van der Waals surface area contributed by atoms with E-state index in [9.17, 15) is 0 Å². The maximum absolute atomic E-state index is 5.10. The minimum absolute atomic E-state index is 0.294. The summed E-state index contributed by atoms with van der Waals surface area (Å²) in [5, 5.41) is 0. The van der Waals surface area contributed by atoms with Crippen molar-refractivity contribution in [2.75, 3.05) is 7.11 Å². The fourth-order valence-electron chi connectivity index (χ4n) is 1.64. The molecule has 0 saturated carbocycles. The van der Waals surface area contributed by atoms with E-state index in [4.69, 9.17) is 4.74 Å². The second kappa shape index (κ2) is 6.29. The van der Waals surface area contributed by atoms with Crippen LogP contribution in [0.4, 0.5) is 0 Å². The van der Waals surface area contributed by atoms with Crippen molar-refractivity contribution in [2.24, 2.45) is 0 Å². The van der Waals surface area contributed by atoms with Gasteiger partial charge in [0.05, 0.1) is 11.9 Å². The van der Waals surface area contributed by atoms with Gasteiger partial charge in [-0.15, -0.1) is 11.3 Å². The normalized spacial score (nSPS) is 12.4. The van der Waals surface area contributed by atoms with Gasteiger partial charge in [-0.25, -0.2) is 9.97 Å². The number of hydrogen-bond acceptors (Lipinski definition) is 4. The van der Waals surface area contributed by atoms with E-state index in [1.165, 1.54) is 9.75 Å². The second-order valence-corrected chi connectivity index (χ2v) is 6.19. The summed E-state index contributed by atoms with van der Waals surface area (Å²) in [5.41, 5.74) is 0.982. The molecule has 2 heterocycles. The Balaban J connectivity index is 2.08. The van der Waals surface area contributed by atoms with Crippen molar-refractivity contribution in [3.8, 4) is 5.88 Å². The molecule has 0 bridgehead atoms. The van der Waals surface area contributed by atoms with Gasteiger partial charge in [-0.2, -0.15) is 0 Å². The van der Waals surface area contributed by atoms with Gasteiger partial charge in [-0.1, -0.05) is 22.9 Å². The maximum Gasteiger partial charge on any atom is 0.216 e. The van der Waals surface area contributed by atoms with Gasteiger partial charge in [0.2, 0.25) is 5.88 Å². The first-order valence-corrected chi connectivity index (χ1v) is 7.53. The molecule has 5 heteroatoms. The topological polar surface area (TPSA) is 35.0 Å². The Kier molecular flexibility index (Phi) is 4.72. The number of hydrogen-bond donors (Lipinski definition) is 0. The highest BCUT2D eigenvalue weighted by Gasteiger charge is 2.12. The summed E-state index contributed by atoms with van der Waals surface area (Å²) < 4.78 is 5.10. The van der Waals surface area contributed by atoms with E-state index >= 15 is 0 Å². The summed E-state index contributed by atoms with van der Waals surface area (Å²) in [7, 11) is 1.62. The monoisotopic (exact) mass is 326 g/mol. The van der Waals surface area contributed by atoms with E-state index in [1.54, 1.807) is 13.4 Å². The predicted octanol–water partition coefficient (Wildman–Crippen LogP) is 3.79. The van der Waals surface area contributed by atoms with E-state index < -0.39 is 0 Å². The third kappa shape index (κ3) is 3.29. The number of alkyl halides is 1. The van der Waals surface area contributed by atoms with Gasteiger partial charge in [0.1, 0.15) is 6.33 Å². The Morgan fingerprint density at radius 2 is 2.22 bits per heavy atom. The van der Waals surface area contributed by atoms with E-state index in [0.717, 1.165) is 18.5 Å². The van der Waals surface area contributed by atoms with Gasteiger partial charge in [0, 0.05) is 27.9 Å². The van der Waals surface area contributed by atoms with Crippen LogP contribution in [0.5, 0.6) is 5.88 Å². The lowest BCUT2D eigenvalue weighted by molar-refractivity contribution is 0.396. The highest BCUT2D eigenvalue weighted by molar-refractivity contribution is 9.09. The van der Waals surface area contributed by atoms with Crippen LogP contribution in [0.3, 0.4) is 0 Å². The average Bonchev–Trinajstić information content (AvgIpc) is 2.88. The van der Waals surface area contributed by atoms with Crippen LogP contribution in [0.25, 0.3) is 0 Å². The number of methoxy groups -OCH3 is 1. The van der Waals surface area contributed by atoms with Crippen molar-refractivity contribution in [3.05, 3.63) is 40.0 Å². The Morgan fingerprint density at radius 3 is 2.89 bits per heavy atom. The molecule has 2 aromatic rings. The van der Waals surface area contributed by atoms with Crippen molar-refractivity contribution in [3.63, 3.8) is 0 Å². The lowest BCUT2D eigenvalue weighted by atomic mass is 10.2. The summed E-state index contributed by atoms with van der Waals surface area (Å²) in [6, 6.07) is 6.25. The zero-order valence-electron chi connectivity index (χ0n) is 10.4. The molecule has 2 rings (SSSR count). The van der Waals surface area contributed by atoms with Crippen LogP contribution in [-0.4, -0.2) is 17.1 Å². The van der Waals surface area contributed by atoms with Crippen molar-refractivity contribution < 1.29 is 4.74 Å². The zero-order valence-corrected chi connectivity index (χ0v) is 12.8. The molecule has 1 atom stereocenters. The van der Waals surface area contributed by atoms with Gasteiger partial charge < -0.3 is 4.74 Å². The Morgan fingerprint density at radius 1 is 1.39 bits per heavy atom. The lowest BCUT2D eigenvalue weighted by Gasteiger charge is -2.07. The first-order chi connectivity index (χ1) is 8.72. The zero-order chi connectivity index (χ0) is 13.0. The summed E-state index contributed by atoms with van der Waals surface area (Å²) in [5.74, 6) is 0.611. The van der Waals surface area contributed by atoms with Crippen LogP contribution >= 0.6 is 27.3 Å². The standard InChI is InChI=1S/C13H15BrN2OS/c1-3-10-4-5-12(18-10)11(14)6-9-7-13(17-2)16-8-15-9/h4-5,7-8,11H,3,6H2,1-2H3. The fraction of sp³-hybridized carbons (Fsp3) is 0.385. The maximum atomic E-state index is 5.10.